The molecule has 2 heterocycles. The SMILES string of the molecule is CCC1=C(C(=O)O)[C@H](c2ccccc2OC)N2C=C(c3ccc(Cl)cc3Cl)SC2=N1.Cl.Cl. The monoisotopic (exact) mass is 532 g/mol. The second-order valence-corrected chi connectivity index (χ2v) is 8.54. The van der Waals surface area contributed by atoms with Crippen molar-refractivity contribution in [3.05, 3.63) is 81.1 Å². The Labute approximate surface area is 213 Å². The molecule has 170 valence electrons. The lowest BCUT2D eigenvalue weighted by Gasteiger charge is -2.33. The molecule has 0 spiro atoms. The molecule has 0 radical (unpaired) electrons. The first-order valence-electron chi connectivity index (χ1n) is 9.26. The van der Waals surface area contributed by atoms with Gasteiger partial charge in [0.05, 0.1) is 29.4 Å². The Morgan fingerprint density at radius 1 is 1.22 bits per heavy atom. The van der Waals surface area contributed by atoms with Crippen LogP contribution in [0.5, 0.6) is 5.75 Å². The van der Waals surface area contributed by atoms with E-state index in [0.717, 1.165) is 16.0 Å². The number of carboxylic acids is 1. The minimum Gasteiger partial charge on any atom is -0.496 e. The Balaban J connectivity index is 0.00000181. The van der Waals surface area contributed by atoms with Crippen molar-refractivity contribution in [1.29, 1.82) is 0 Å². The largest absolute Gasteiger partial charge is 0.496 e. The highest BCUT2D eigenvalue weighted by Crippen LogP contribution is 2.49. The van der Waals surface area contributed by atoms with Crippen LogP contribution in [0.1, 0.15) is 30.5 Å². The molecule has 0 amide bonds. The Bertz CT molecular complexity index is 1130. The number of aliphatic imine (C=N–C) groups is 1. The highest BCUT2D eigenvalue weighted by atomic mass is 35.5. The van der Waals surface area contributed by atoms with Crippen molar-refractivity contribution >= 4 is 75.8 Å². The molecule has 4 rings (SSSR count). The van der Waals surface area contributed by atoms with E-state index in [4.69, 9.17) is 27.9 Å². The van der Waals surface area contributed by atoms with E-state index >= 15 is 0 Å². The summed E-state index contributed by atoms with van der Waals surface area (Å²) in [5.41, 5.74) is 2.37. The number of thioether (sulfide) groups is 1. The van der Waals surface area contributed by atoms with E-state index in [-0.39, 0.29) is 30.4 Å². The molecule has 2 aliphatic heterocycles. The van der Waals surface area contributed by atoms with Gasteiger partial charge in [-0.15, -0.1) is 24.8 Å². The number of allylic oxidation sites excluding steroid dienone is 1. The Morgan fingerprint density at radius 3 is 2.56 bits per heavy atom. The molecule has 0 aromatic heterocycles. The van der Waals surface area contributed by atoms with Crippen LogP contribution in [-0.2, 0) is 4.79 Å². The van der Waals surface area contributed by atoms with Crippen LogP contribution in [0, 0.1) is 0 Å². The lowest BCUT2D eigenvalue weighted by atomic mass is 9.93. The zero-order chi connectivity index (χ0) is 21.4. The Morgan fingerprint density at radius 2 is 1.94 bits per heavy atom. The van der Waals surface area contributed by atoms with Crippen LogP contribution in [0.4, 0.5) is 0 Å². The molecule has 0 saturated heterocycles. The number of rotatable bonds is 5. The van der Waals surface area contributed by atoms with Crippen molar-refractivity contribution in [2.24, 2.45) is 4.99 Å². The average Bonchev–Trinajstić information content (AvgIpc) is 3.15. The summed E-state index contributed by atoms with van der Waals surface area (Å²) in [6.07, 6.45) is 2.40. The van der Waals surface area contributed by atoms with Gasteiger partial charge in [-0.1, -0.05) is 54.4 Å². The number of carboxylic acid groups (broad SMARTS) is 1. The quantitative estimate of drug-likeness (QED) is 0.446. The van der Waals surface area contributed by atoms with E-state index in [1.165, 1.54) is 11.8 Å². The standard InChI is InChI=1S/C22H18Cl2N2O3S.2ClH/c1-3-16-19(21(27)28)20(14-6-4-5-7-17(14)29-2)26-11-18(30-22(26)25-16)13-9-8-12(23)10-15(13)24;;/h4-11,20H,3H2,1-2H3,(H,27,28);2*1H/t20-;;/m0../s1. The van der Waals surface area contributed by atoms with Crippen molar-refractivity contribution in [2.45, 2.75) is 19.4 Å². The fourth-order valence-electron chi connectivity index (χ4n) is 3.62. The third-order valence-electron chi connectivity index (χ3n) is 4.97. The molecule has 0 aliphatic carbocycles. The number of ether oxygens (including phenoxy) is 1. The van der Waals surface area contributed by atoms with E-state index in [0.29, 0.717) is 33.1 Å². The maximum absolute atomic E-state index is 12.3. The maximum Gasteiger partial charge on any atom is 0.335 e. The number of methoxy groups -OCH3 is 1. The topological polar surface area (TPSA) is 62.1 Å². The van der Waals surface area contributed by atoms with E-state index in [2.05, 4.69) is 4.99 Å². The first-order chi connectivity index (χ1) is 14.4. The van der Waals surface area contributed by atoms with E-state index in [9.17, 15) is 9.90 Å². The predicted molar refractivity (Wildman–Crippen MR) is 136 cm³/mol. The zero-order valence-corrected chi connectivity index (χ0v) is 21.0. The number of para-hydroxylation sites is 1. The maximum atomic E-state index is 12.3. The smallest absolute Gasteiger partial charge is 0.335 e. The van der Waals surface area contributed by atoms with Gasteiger partial charge in [-0.3, -0.25) is 0 Å². The summed E-state index contributed by atoms with van der Waals surface area (Å²) < 4.78 is 5.54. The van der Waals surface area contributed by atoms with Crippen LogP contribution in [0.25, 0.3) is 4.91 Å². The van der Waals surface area contributed by atoms with Gasteiger partial charge in [-0.2, -0.15) is 0 Å². The van der Waals surface area contributed by atoms with E-state index in [1.54, 1.807) is 19.2 Å². The van der Waals surface area contributed by atoms with Gasteiger partial charge in [-0.05, 0) is 36.4 Å². The molecule has 10 heteroatoms. The number of hydrogen-bond acceptors (Lipinski definition) is 5. The molecule has 2 aromatic rings. The molecule has 0 unspecified atom stereocenters. The van der Waals surface area contributed by atoms with Gasteiger partial charge in [0.25, 0.3) is 0 Å². The number of hydrogen-bond donors (Lipinski definition) is 1. The molecular weight excluding hydrogens is 514 g/mol. The fraction of sp³-hybridized carbons (Fsp3) is 0.182. The molecule has 5 nitrogen and oxygen atoms in total. The van der Waals surface area contributed by atoms with Crippen LogP contribution >= 0.6 is 59.8 Å². The summed E-state index contributed by atoms with van der Waals surface area (Å²) in [6.45, 7) is 1.90. The molecule has 1 N–H and O–H groups in total. The van der Waals surface area contributed by atoms with Crippen LogP contribution in [-0.4, -0.2) is 28.3 Å². The third-order valence-corrected chi connectivity index (χ3v) is 6.54. The first-order valence-corrected chi connectivity index (χ1v) is 10.8. The highest BCUT2D eigenvalue weighted by molar-refractivity contribution is 8.22. The van der Waals surface area contributed by atoms with Crippen molar-refractivity contribution in [1.82, 2.24) is 4.90 Å². The average molecular weight is 534 g/mol. The Kier molecular flexibility index (Phi) is 8.97. The highest BCUT2D eigenvalue weighted by Gasteiger charge is 2.40. The van der Waals surface area contributed by atoms with Crippen molar-refractivity contribution in [3.63, 3.8) is 0 Å². The number of nitrogens with zero attached hydrogens (tertiary/aromatic N) is 2. The van der Waals surface area contributed by atoms with Crippen molar-refractivity contribution in [2.75, 3.05) is 7.11 Å². The second kappa shape index (κ2) is 10.9. The molecule has 32 heavy (non-hydrogen) atoms. The van der Waals surface area contributed by atoms with Crippen LogP contribution in [0.2, 0.25) is 10.0 Å². The first kappa shape index (κ1) is 26.4. The number of benzene rings is 2. The zero-order valence-electron chi connectivity index (χ0n) is 17.0. The van der Waals surface area contributed by atoms with E-state index < -0.39 is 12.0 Å². The number of halogens is 4. The minimum atomic E-state index is -0.998. The summed E-state index contributed by atoms with van der Waals surface area (Å²) in [5.74, 6) is -0.378. The lowest BCUT2D eigenvalue weighted by Crippen LogP contribution is -2.34. The summed E-state index contributed by atoms with van der Waals surface area (Å²) in [7, 11) is 1.58. The summed E-state index contributed by atoms with van der Waals surface area (Å²) in [4.78, 5) is 19.7. The summed E-state index contributed by atoms with van der Waals surface area (Å²) in [6, 6.07) is 12.2. The lowest BCUT2D eigenvalue weighted by molar-refractivity contribution is -0.133. The van der Waals surface area contributed by atoms with E-state index in [1.807, 2.05) is 48.4 Å². The Hall–Kier alpha value is -1.83. The molecule has 0 saturated carbocycles. The van der Waals surface area contributed by atoms with Crippen molar-refractivity contribution in [3.8, 4) is 5.75 Å². The van der Waals surface area contributed by atoms with Crippen LogP contribution in [0.15, 0.2) is 64.9 Å². The molecule has 1 atom stereocenters. The number of aliphatic carboxylic acids is 1. The van der Waals surface area contributed by atoms with Crippen molar-refractivity contribution < 1.29 is 14.6 Å². The minimum absolute atomic E-state index is 0. The van der Waals surface area contributed by atoms with Gasteiger partial charge in [0, 0.05) is 27.3 Å². The van der Waals surface area contributed by atoms with Gasteiger partial charge in [0.15, 0.2) is 5.17 Å². The molecule has 0 fully saturated rings. The molecule has 2 aromatic carbocycles. The molecule has 2 aliphatic rings. The number of carbonyl (C=O) groups is 1. The molecular formula is C22H20Cl4N2O3S. The van der Waals surface area contributed by atoms with Crippen LogP contribution < -0.4 is 4.74 Å². The summed E-state index contributed by atoms with van der Waals surface area (Å²) in [5, 5.41) is 11.8. The normalized spacial score (nSPS) is 17.0. The fourth-order valence-corrected chi connectivity index (χ4v) is 5.26. The summed E-state index contributed by atoms with van der Waals surface area (Å²) >= 11 is 13.9. The van der Waals surface area contributed by atoms with Crippen LogP contribution in [0.3, 0.4) is 0 Å². The van der Waals surface area contributed by atoms with Gasteiger partial charge >= 0.3 is 5.97 Å². The predicted octanol–water partition coefficient (Wildman–Crippen LogP) is 7.05. The third kappa shape index (κ3) is 4.75. The van der Waals surface area contributed by atoms with Gasteiger partial charge in [0.2, 0.25) is 0 Å². The van der Waals surface area contributed by atoms with Gasteiger partial charge in [-0.25, -0.2) is 9.79 Å². The van der Waals surface area contributed by atoms with Gasteiger partial charge in [0.1, 0.15) is 5.75 Å². The molecule has 0 bridgehead atoms. The van der Waals surface area contributed by atoms with Gasteiger partial charge < -0.3 is 14.7 Å². The number of fused-ring (bicyclic) bond motifs is 1. The second-order valence-electron chi connectivity index (χ2n) is 6.68. The number of amidine groups is 1.